The van der Waals surface area contributed by atoms with E-state index < -0.39 is 0 Å². The van der Waals surface area contributed by atoms with Crippen LogP contribution in [0, 0.1) is 0 Å². The fourth-order valence-corrected chi connectivity index (χ4v) is 3.36. The molecular formula is C19H20Cl2N2O3. The molecule has 1 heterocycles. The Morgan fingerprint density at radius 3 is 2.08 bits per heavy atom. The molecule has 138 valence electrons. The summed E-state index contributed by atoms with van der Waals surface area (Å²) in [5.41, 5.74) is 1.46. The highest BCUT2D eigenvalue weighted by molar-refractivity contribution is 6.42. The van der Waals surface area contributed by atoms with E-state index in [1.165, 1.54) is 0 Å². The first-order chi connectivity index (χ1) is 12.5. The van der Waals surface area contributed by atoms with Crippen LogP contribution in [0.3, 0.4) is 0 Å². The second-order valence-corrected chi connectivity index (χ2v) is 6.73. The molecule has 1 aliphatic heterocycles. The van der Waals surface area contributed by atoms with Crippen molar-refractivity contribution < 1.29 is 14.3 Å². The van der Waals surface area contributed by atoms with Crippen LogP contribution < -0.4 is 14.4 Å². The number of hydrogen-bond acceptors (Lipinski definition) is 4. The number of halogens is 2. The van der Waals surface area contributed by atoms with E-state index in [1.54, 1.807) is 38.5 Å². The first-order valence-electron chi connectivity index (χ1n) is 8.25. The van der Waals surface area contributed by atoms with Crippen LogP contribution in [0.5, 0.6) is 11.5 Å². The number of piperazine rings is 1. The third-order valence-electron chi connectivity index (χ3n) is 4.48. The molecule has 3 rings (SSSR count). The van der Waals surface area contributed by atoms with Crippen molar-refractivity contribution in [3.8, 4) is 11.5 Å². The number of rotatable bonds is 4. The van der Waals surface area contributed by atoms with Crippen LogP contribution in [0.1, 0.15) is 10.4 Å². The van der Waals surface area contributed by atoms with E-state index in [1.807, 2.05) is 17.0 Å². The number of methoxy groups -OCH3 is 2. The standard InChI is InChI=1S/C19H20Cl2N2O3/c1-25-16-4-3-5-17(26-2)18(16)19(24)23-10-8-22(9-11-23)13-6-7-14(20)15(21)12-13/h3-7,12H,8-11H2,1-2H3. The molecule has 1 aliphatic rings. The van der Waals surface area contributed by atoms with Gasteiger partial charge in [-0.3, -0.25) is 4.79 Å². The highest BCUT2D eigenvalue weighted by atomic mass is 35.5. The zero-order valence-electron chi connectivity index (χ0n) is 14.7. The minimum absolute atomic E-state index is 0.0897. The summed E-state index contributed by atoms with van der Waals surface area (Å²) >= 11 is 12.1. The molecule has 0 N–H and O–H groups in total. The van der Waals surface area contributed by atoms with Gasteiger partial charge in [0.05, 0.1) is 24.3 Å². The average Bonchev–Trinajstić information content (AvgIpc) is 2.69. The molecule has 0 saturated carbocycles. The lowest BCUT2D eigenvalue weighted by Crippen LogP contribution is -2.48. The van der Waals surface area contributed by atoms with Gasteiger partial charge in [0.2, 0.25) is 0 Å². The summed E-state index contributed by atoms with van der Waals surface area (Å²) in [5.74, 6) is 0.940. The van der Waals surface area contributed by atoms with Gasteiger partial charge < -0.3 is 19.3 Å². The van der Waals surface area contributed by atoms with E-state index in [0.29, 0.717) is 53.3 Å². The molecule has 2 aromatic rings. The summed E-state index contributed by atoms with van der Waals surface area (Å²) in [7, 11) is 3.10. The maximum Gasteiger partial charge on any atom is 0.261 e. The number of amides is 1. The average molecular weight is 395 g/mol. The lowest BCUT2D eigenvalue weighted by Gasteiger charge is -2.36. The highest BCUT2D eigenvalue weighted by Crippen LogP contribution is 2.31. The van der Waals surface area contributed by atoms with E-state index in [0.717, 1.165) is 5.69 Å². The molecule has 1 amide bonds. The van der Waals surface area contributed by atoms with Gasteiger partial charge in [-0.1, -0.05) is 29.3 Å². The molecule has 5 nitrogen and oxygen atoms in total. The summed E-state index contributed by atoms with van der Waals surface area (Å²) in [5, 5.41) is 1.06. The zero-order valence-corrected chi connectivity index (χ0v) is 16.2. The molecule has 26 heavy (non-hydrogen) atoms. The Kier molecular flexibility index (Phi) is 5.79. The maximum atomic E-state index is 13.0. The van der Waals surface area contributed by atoms with Crippen LogP contribution in [-0.4, -0.2) is 51.2 Å². The van der Waals surface area contributed by atoms with Crippen molar-refractivity contribution >= 4 is 34.8 Å². The summed E-state index contributed by atoms with van der Waals surface area (Å²) in [6.45, 7) is 2.61. The molecular weight excluding hydrogens is 375 g/mol. The normalized spacial score (nSPS) is 14.3. The van der Waals surface area contributed by atoms with Crippen molar-refractivity contribution in [3.05, 3.63) is 52.0 Å². The van der Waals surface area contributed by atoms with Gasteiger partial charge in [0.1, 0.15) is 17.1 Å². The third-order valence-corrected chi connectivity index (χ3v) is 5.22. The van der Waals surface area contributed by atoms with Crippen LogP contribution in [-0.2, 0) is 0 Å². The largest absolute Gasteiger partial charge is 0.496 e. The van der Waals surface area contributed by atoms with Gasteiger partial charge in [-0.2, -0.15) is 0 Å². The predicted octanol–water partition coefficient (Wildman–Crippen LogP) is 3.97. The van der Waals surface area contributed by atoms with E-state index in [-0.39, 0.29) is 5.91 Å². The summed E-state index contributed by atoms with van der Waals surface area (Å²) in [6.07, 6.45) is 0. The quantitative estimate of drug-likeness (QED) is 0.786. The smallest absolute Gasteiger partial charge is 0.261 e. The van der Waals surface area contributed by atoms with E-state index >= 15 is 0 Å². The second kappa shape index (κ2) is 8.06. The molecule has 0 aliphatic carbocycles. The maximum absolute atomic E-state index is 13.0. The van der Waals surface area contributed by atoms with Crippen molar-refractivity contribution in [2.24, 2.45) is 0 Å². The van der Waals surface area contributed by atoms with Gasteiger partial charge in [0, 0.05) is 31.9 Å². The lowest BCUT2D eigenvalue weighted by atomic mass is 10.1. The number of anilines is 1. The van der Waals surface area contributed by atoms with E-state index in [2.05, 4.69) is 4.90 Å². The van der Waals surface area contributed by atoms with E-state index in [9.17, 15) is 4.79 Å². The van der Waals surface area contributed by atoms with Crippen LogP contribution in [0.25, 0.3) is 0 Å². The molecule has 0 aromatic heterocycles. The van der Waals surface area contributed by atoms with Gasteiger partial charge in [-0.25, -0.2) is 0 Å². The number of carbonyl (C=O) groups excluding carboxylic acids is 1. The van der Waals surface area contributed by atoms with Crippen molar-refractivity contribution in [1.82, 2.24) is 4.90 Å². The van der Waals surface area contributed by atoms with Crippen molar-refractivity contribution in [2.75, 3.05) is 45.3 Å². The second-order valence-electron chi connectivity index (χ2n) is 5.92. The number of ether oxygens (including phenoxy) is 2. The fourth-order valence-electron chi connectivity index (χ4n) is 3.07. The SMILES string of the molecule is COc1cccc(OC)c1C(=O)N1CCN(c2ccc(Cl)c(Cl)c2)CC1. The van der Waals surface area contributed by atoms with Gasteiger partial charge in [0.25, 0.3) is 5.91 Å². The van der Waals surface area contributed by atoms with Crippen LogP contribution in [0.15, 0.2) is 36.4 Å². The monoisotopic (exact) mass is 394 g/mol. The first-order valence-corrected chi connectivity index (χ1v) is 9.01. The molecule has 1 fully saturated rings. The van der Waals surface area contributed by atoms with Crippen molar-refractivity contribution in [1.29, 1.82) is 0 Å². The first kappa shape index (κ1) is 18.7. The van der Waals surface area contributed by atoms with Gasteiger partial charge in [-0.05, 0) is 30.3 Å². The van der Waals surface area contributed by atoms with Crippen molar-refractivity contribution in [3.63, 3.8) is 0 Å². The number of carbonyl (C=O) groups is 1. The summed E-state index contributed by atoms with van der Waals surface area (Å²) < 4.78 is 10.7. The Labute approximate surface area is 163 Å². The third kappa shape index (κ3) is 3.69. The molecule has 1 saturated heterocycles. The molecule has 0 radical (unpaired) electrons. The van der Waals surface area contributed by atoms with Crippen LogP contribution in [0.2, 0.25) is 10.0 Å². The fraction of sp³-hybridized carbons (Fsp3) is 0.316. The molecule has 2 aromatic carbocycles. The Morgan fingerprint density at radius 2 is 1.54 bits per heavy atom. The van der Waals surface area contributed by atoms with Crippen LogP contribution >= 0.6 is 23.2 Å². The Hall–Kier alpha value is -2.11. The zero-order chi connectivity index (χ0) is 18.7. The molecule has 0 atom stereocenters. The Bertz CT molecular complexity index is 783. The highest BCUT2D eigenvalue weighted by Gasteiger charge is 2.27. The van der Waals surface area contributed by atoms with E-state index in [4.69, 9.17) is 32.7 Å². The minimum atomic E-state index is -0.0897. The molecule has 0 unspecified atom stereocenters. The van der Waals surface area contributed by atoms with Gasteiger partial charge in [-0.15, -0.1) is 0 Å². The molecule has 0 bridgehead atoms. The Balaban J connectivity index is 1.74. The number of nitrogens with zero attached hydrogens (tertiary/aromatic N) is 2. The molecule has 7 heteroatoms. The topological polar surface area (TPSA) is 42.0 Å². The minimum Gasteiger partial charge on any atom is -0.496 e. The predicted molar refractivity (Wildman–Crippen MR) is 104 cm³/mol. The van der Waals surface area contributed by atoms with Gasteiger partial charge in [0.15, 0.2) is 0 Å². The van der Waals surface area contributed by atoms with Crippen LogP contribution in [0.4, 0.5) is 5.69 Å². The number of hydrogen-bond donors (Lipinski definition) is 0. The van der Waals surface area contributed by atoms with Crippen molar-refractivity contribution in [2.45, 2.75) is 0 Å². The summed E-state index contributed by atoms with van der Waals surface area (Å²) in [4.78, 5) is 17.0. The summed E-state index contributed by atoms with van der Waals surface area (Å²) in [6, 6.07) is 10.9. The Morgan fingerprint density at radius 1 is 0.923 bits per heavy atom. The number of benzene rings is 2. The molecule has 0 spiro atoms. The lowest BCUT2D eigenvalue weighted by molar-refractivity contribution is 0.0740. The van der Waals surface area contributed by atoms with Gasteiger partial charge >= 0.3 is 0 Å².